The molecule has 0 N–H and O–H groups in total. The molecule has 2 amide bonds. The van der Waals surface area contributed by atoms with Gasteiger partial charge in [-0.2, -0.15) is 0 Å². The highest BCUT2D eigenvalue weighted by atomic mass is 79.9. The Morgan fingerprint density at radius 1 is 0.900 bits per heavy atom. The number of hydrogen-bond donors (Lipinski definition) is 0. The van der Waals surface area contributed by atoms with E-state index in [9.17, 15) is 9.59 Å². The SMILES string of the molecule is O=C(COc1ccc2ccccc2c1Br)N1CCC(C(=O)N2CCCCCC2)CC1. The van der Waals surface area contributed by atoms with Crippen molar-refractivity contribution in [1.82, 2.24) is 9.80 Å². The fraction of sp³-hybridized carbons (Fsp3) is 0.500. The first-order valence-corrected chi connectivity index (χ1v) is 11.8. The molecule has 6 heteroatoms. The molecule has 2 aromatic rings. The van der Waals surface area contributed by atoms with Crippen molar-refractivity contribution >= 4 is 38.5 Å². The Morgan fingerprint density at radius 3 is 2.33 bits per heavy atom. The third-order valence-electron chi connectivity index (χ3n) is 6.29. The normalized spacial score (nSPS) is 18.3. The number of likely N-dealkylation sites (tertiary alicyclic amines) is 2. The van der Waals surface area contributed by atoms with Gasteiger partial charge in [-0.3, -0.25) is 9.59 Å². The van der Waals surface area contributed by atoms with E-state index < -0.39 is 0 Å². The van der Waals surface area contributed by atoms with Crippen LogP contribution in [0.2, 0.25) is 0 Å². The lowest BCUT2D eigenvalue weighted by molar-refractivity contribution is -0.141. The van der Waals surface area contributed by atoms with Crippen LogP contribution in [-0.4, -0.2) is 54.4 Å². The van der Waals surface area contributed by atoms with E-state index in [1.54, 1.807) is 0 Å². The molecular formula is C24H29BrN2O3. The standard InChI is InChI=1S/C24H29BrN2O3/c25-23-20-8-4-3-7-18(20)9-10-21(23)30-17-22(28)26-15-11-19(12-16-26)24(29)27-13-5-1-2-6-14-27/h3-4,7-10,19H,1-2,5-6,11-17H2. The number of benzene rings is 2. The fourth-order valence-corrected chi connectivity index (χ4v) is 5.09. The highest BCUT2D eigenvalue weighted by Crippen LogP contribution is 2.33. The van der Waals surface area contributed by atoms with Gasteiger partial charge in [0, 0.05) is 32.1 Å². The van der Waals surface area contributed by atoms with Crippen molar-refractivity contribution in [2.45, 2.75) is 38.5 Å². The molecule has 2 heterocycles. The van der Waals surface area contributed by atoms with E-state index in [0.717, 1.165) is 54.0 Å². The minimum absolute atomic E-state index is 0.0156. The lowest BCUT2D eigenvalue weighted by Crippen LogP contribution is -2.45. The maximum Gasteiger partial charge on any atom is 0.260 e. The van der Waals surface area contributed by atoms with Gasteiger partial charge in [0.25, 0.3) is 5.91 Å². The van der Waals surface area contributed by atoms with Gasteiger partial charge in [-0.15, -0.1) is 0 Å². The topological polar surface area (TPSA) is 49.9 Å². The van der Waals surface area contributed by atoms with Crippen LogP contribution in [0.3, 0.4) is 0 Å². The molecule has 0 aliphatic carbocycles. The Balaban J connectivity index is 1.28. The van der Waals surface area contributed by atoms with E-state index in [0.29, 0.717) is 24.7 Å². The number of ether oxygens (including phenoxy) is 1. The van der Waals surface area contributed by atoms with Crippen molar-refractivity contribution in [1.29, 1.82) is 0 Å². The van der Waals surface area contributed by atoms with Crippen LogP contribution >= 0.6 is 15.9 Å². The zero-order chi connectivity index (χ0) is 20.9. The zero-order valence-corrected chi connectivity index (χ0v) is 18.9. The summed E-state index contributed by atoms with van der Waals surface area (Å²) >= 11 is 3.60. The van der Waals surface area contributed by atoms with Crippen molar-refractivity contribution in [3.8, 4) is 5.75 Å². The molecule has 2 aromatic carbocycles. The average molecular weight is 473 g/mol. The number of fused-ring (bicyclic) bond motifs is 1. The fourth-order valence-electron chi connectivity index (χ4n) is 4.48. The maximum atomic E-state index is 12.8. The van der Waals surface area contributed by atoms with Gasteiger partial charge in [0.15, 0.2) is 6.61 Å². The summed E-state index contributed by atoms with van der Waals surface area (Å²) in [4.78, 5) is 29.4. The predicted molar refractivity (Wildman–Crippen MR) is 121 cm³/mol. The van der Waals surface area contributed by atoms with Crippen molar-refractivity contribution in [2.75, 3.05) is 32.8 Å². The van der Waals surface area contributed by atoms with Gasteiger partial charge in [0.05, 0.1) is 4.47 Å². The average Bonchev–Trinajstić information content (AvgIpc) is 3.08. The summed E-state index contributed by atoms with van der Waals surface area (Å²) < 4.78 is 6.70. The molecule has 4 rings (SSSR count). The molecule has 30 heavy (non-hydrogen) atoms. The number of amides is 2. The summed E-state index contributed by atoms with van der Waals surface area (Å²) in [5.41, 5.74) is 0. The second-order valence-corrected chi connectivity index (χ2v) is 9.08. The molecule has 0 spiro atoms. The van der Waals surface area contributed by atoms with Gasteiger partial charge in [-0.25, -0.2) is 0 Å². The van der Waals surface area contributed by atoms with Crippen molar-refractivity contribution in [2.24, 2.45) is 5.92 Å². The highest BCUT2D eigenvalue weighted by molar-refractivity contribution is 9.10. The molecule has 2 saturated heterocycles. The van der Waals surface area contributed by atoms with E-state index >= 15 is 0 Å². The lowest BCUT2D eigenvalue weighted by atomic mass is 9.95. The second-order valence-electron chi connectivity index (χ2n) is 8.28. The van der Waals surface area contributed by atoms with Crippen molar-refractivity contribution in [3.63, 3.8) is 0 Å². The summed E-state index contributed by atoms with van der Waals surface area (Å²) in [5, 5.41) is 2.19. The summed E-state index contributed by atoms with van der Waals surface area (Å²) in [6.45, 7) is 3.07. The summed E-state index contributed by atoms with van der Waals surface area (Å²) in [6.07, 6.45) is 6.19. The van der Waals surface area contributed by atoms with E-state index in [2.05, 4.69) is 20.8 Å². The van der Waals surface area contributed by atoms with Gasteiger partial charge < -0.3 is 14.5 Å². The predicted octanol–water partition coefficient (Wildman–Crippen LogP) is 4.62. The smallest absolute Gasteiger partial charge is 0.260 e. The van der Waals surface area contributed by atoms with Crippen LogP contribution in [-0.2, 0) is 9.59 Å². The van der Waals surface area contributed by atoms with Crippen LogP contribution in [0.1, 0.15) is 38.5 Å². The molecule has 2 aliphatic heterocycles. The van der Waals surface area contributed by atoms with Gasteiger partial charge in [0.1, 0.15) is 5.75 Å². The van der Waals surface area contributed by atoms with Crippen LogP contribution in [0.25, 0.3) is 10.8 Å². The van der Waals surface area contributed by atoms with Crippen LogP contribution in [0.5, 0.6) is 5.75 Å². The van der Waals surface area contributed by atoms with Gasteiger partial charge >= 0.3 is 0 Å². The second kappa shape index (κ2) is 9.82. The number of carbonyl (C=O) groups excluding carboxylic acids is 2. The molecule has 0 atom stereocenters. The Kier molecular flexibility index (Phi) is 6.93. The minimum atomic E-state index is -0.0178. The van der Waals surface area contributed by atoms with E-state index in [-0.39, 0.29) is 18.4 Å². The Hall–Kier alpha value is -2.08. The van der Waals surface area contributed by atoms with Crippen LogP contribution < -0.4 is 4.74 Å². The first kappa shape index (κ1) is 21.2. The monoisotopic (exact) mass is 472 g/mol. The third-order valence-corrected chi connectivity index (χ3v) is 7.11. The Morgan fingerprint density at radius 2 is 1.60 bits per heavy atom. The summed E-state index contributed by atoms with van der Waals surface area (Å²) in [6, 6.07) is 12.0. The molecule has 0 saturated carbocycles. The van der Waals surface area contributed by atoms with E-state index in [1.165, 1.54) is 12.8 Å². The van der Waals surface area contributed by atoms with Gasteiger partial charge in [0.2, 0.25) is 5.91 Å². The van der Waals surface area contributed by atoms with Crippen molar-refractivity contribution < 1.29 is 14.3 Å². The van der Waals surface area contributed by atoms with Crippen LogP contribution in [0.15, 0.2) is 40.9 Å². The zero-order valence-electron chi connectivity index (χ0n) is 17.3. The molecular weight excluding hydrogens is 444 g/mol. The molecule has 2 fully saturated rings. The van der Waals surface area contributed by atoms with Crippen LogP contribution in [0, 0.1) is 5.92 Å². The quantitative estimate of drug-likeness (QED) is 0.651. The maximum absolute atomic E-state index is 12.8. The van der Waals surface area contributed by atoms with E-state index in [1.807, 2.05) is 41.3 Å². The first-order chi connectivity index (χ1) is 14.6. The number of rotatable bonds is 4. The third kappa shape index (κ3) is 4.80. The van der Waals surface area contributed by atoms with E-state index in [4.69, 9.17) is 4.74 Å². The van der Waals surface area contributed by atoms with Gasteiger partial charge in [-0.1, -0.05) is 43.2 Å². The highest BCUT2D eigenvalue weighted by Gasteiger charge is 2.30. The van der Waals surface area contributed by atoms with Crippen LogP contribution in [0.4, 0.5) is 0 Å². The lowest BCUT2D eigenvalue weighted by Gasteiger charge is -2.34. The Labute approximate surface area is 186 Å². The molecule has 5 nitrogen and oxygen atoms in total. The number of hydrogen-bond acceptors (Lipinski definition) is 3. The number of piperidine rings is 1. The molecule has 160 valence electrons. The number of halogens is 1. The molecule has 2 aliphatic rings. The van der Waals surface area contributed by atoms with Crippen molar-refractivity contribution in [3.05, 3.63) is 40.9 Å². The number of nitrogens with zero attached hydrogens (tertiary/aromatic N) is 2. The largest absolute Gasteiger partial charge is 0.483 e. The summed E-state index contributed by atoms with van der Waals surface area (Å²) in [7, 11) is 0. The first-order valence-electron chi connectivity index (χ1n) is 11.0. The molecule has 0 unspecified atom stereocenters. The molecule has 0 bridgehead atoms. The van der Waals surface area contributed by atoms with Gasteiger partial charge in [-0.05, 0) is 58.5 Å². The number of carbonyl (C=O) groups is 2. The Bertz CT molecular complexity index is 900. The molecule has 0 radical (unpaired) electrons. The minimum Gasteiger partial charge on any atom is -0.483 e. The molecule has 0 aromatic heterocycles. The summed E-state index contributed by atoms with van der Waals surface area (Å²) in [5.74, 6) is 1.01.